The molecule has 0 radical (unpaired) electrons. The van der Waals surface area contributed by atoms with E-state index in [2.05, 4.69) is 29.2 Å². The van der Waals surface area contributed by atoms with Crippen LogP contribution < -0.4 is 15.6 Å². The van der Waals surface area contributed by atoms with E-state index in [1.807, 2.05) is 42.5 Å². The second-order valence-corrected chi connectivity index (χ2v) is 9.93. The van der Waals surface area contributed by atoms with Crippen LogP contribution >= 0.6 is 23.1 Å². The van der Waals surface area contributed by atoms with Crippen molar-refractivity contribution in [2.24, 2.45) is 5.92 Å². The molecule has 0 unspecified atom stereocenters. The van der Waals surface area contributed by atoms with Crippen LogP contribution in [0.1, 0.15) is 24.5 Å². The number of aromatic nitrogens is 3. The first kappa shape index (κ1) is 23.0. The molecule has 170 valence electrons. The van der Waals surface area contributed by atoms with Gasteiger partial charge in [-0.25, -0.2) is 4.98 Å². The Bertz CT molecular complexity index is 1300. The predicted molar refractivity (Wildman–Crippen MR) is 132 cm³/mol. The molecule has 1 amide bonds. The average Bonchev–Trinajstić information content (AvgIpc) is 3.19. The normalized spacial score (nSPS) is 11.1. The van der Waals surface area contributed by atoms with Gasteiger partial charge in [0.25, 0.3) is 5.56 Å². The highest BCUT2D eigenvalue weighted by Crippen LogP contribution is 2.21. The minimum atomic E-state index is -0.221. The van der Waals surface area contributed by atoms with Crippen LogP contribution in [0.4, 0.5) is 5.69 Å². The summed E-state index contributed by atoms with van der Waals surface area (Å²) in [5.74, 6) is 1.25. The van der Waals surface area contributed by atoms with Gasteiger partial charge in [0.1, 0.15) is 17.4 Å². The fourth-order valence-corrected chi connectivity index (χ4v) is 4.93. The number of benzene rings is 2. The lowest BCUT2D eigenvalue weighted by atomic mass is 10.1. The lowest BCUT2D eigenvalue weighted by Crippen LogP contribution is -2.16. The number of nitrogens with one attached hydrogen (secondary N) is 1. The number of hydrogen-bond acceptors (Lipinski definition) is 7. The Balaban J connectivity index is 1.37. The van der Waals surface area contributed by atoms with Gasteiger partial charge in [-0.05, 0) is 30.2 Å². The number of ether oxygens (including phenoxy) is 1. The number of amides is 1. The van der Waals surface area contributed by atoms with E-state index in [4.69, 9.17) is 4.74 Å². The van der Waals surface area contributed by atoms with Gasteiger partial charge in [0.15, 0.2) is 0 Å². The number of carbonyl (C=O) groups excluding carboxylic acids is 1. The fourth-order valence-electron chi connectivity index (χ4n) is 3.09. The molecule has 0 aliphatic rings. The van der Waals surface area contributed by atoms with Gasteiger partial charge in [0.2, 0.25) is 10.9 Å². The van der Waals surface area contributed by atoms with E-state index < -0.39 is 0 Å². The van der Waals surface area contributed by atoms with Crippen molar-refractivity contribution in [2.45, 2.75) is 31.8 Å². The van der Waals surface area contributed by atoms with Crippen molar-refractivity contribution in [3.05, 3.63) is 81.7 Å². The van der Waals surface area contributed by atoms with E-state index >= 15 is 0 Å². The molecule has 9 heteroatoms. The molecule has 0 atom stereocenters. The van der Waals surface area contributed by atoms with Crippen molar-refractivity contribution in [1.29, 1.82) is 0 Å². The third-order valence-corrected chi connectivity index (χ3v) is 6.48. The summed E-state index contributed by atoms with van der Waals surface area (Å²) in [6.45, 7) is 4.37. The number of thioether (sulfide) groups is 1. The molecule has 0 saturated carbocycles. The number of anilines is 1. The van der Waals surface area contributed by atoms with E-state index in [-0.39, 0.29) is 18.1 Å². The molecule has 4 aromatic rings. The summed E-state index contributed by atoms with van der Waals surface area (Å²) < 4.78 is 7.18. The maximum atomic E-state index is 12.4. The molecule has 4 rings (SSSR count). The Hall–Kier alpha value is -3.17. The lowest BCUT2D eigenvalue weighted by molar-refractivity contribution is -0.113. The van der Waals surface area contributed by atoms with Crippen molar-refractivity contribution in [1.82, 2.24) is 14.6 Å². The van der Waals surface area contributed by atoms with Crippen molar-refractivity contribution >= 4 is 39.7 Å². The third kappa shape index (κ3) is 6.43. The number of hydrogen-bond donors (Lipinski definition) is 1. The lowest BCUT2D eigenvalue weighted by Gasteiger charge is -2.09. The van der Waals surface area contributed by atoms with Crippen molar-refractivity contribution < 1.29 is 9.53 Å². The standard InChI is InChI=1S/C24H24N4O3S2/c1-16(2)11-22-27-28-23(30)13-18(26-24(28)33-22)14-31-19-8-6-7-17(12-19)25-21(29)15-32-20-9-4-3-5-10-20/h3-10,12-13,16H,11,14-15H2,1-2H3,(H,25,29). The van der Waals surface area contributed by atoms with Gasteiger partial charge in [-0.15, -0.1) is 11.8 Å². The summed E-state index contributed by atoms with van der Waals surface area (Å²) in [5, 5.41) is 8.14. The molecule has 0 aliphatic carbocycles. The Labute approximate surface area is 199 Å². The Morgan fingerprint density at radius 3 is 2.76 bits per heavy atom. The first-order valence-corrected chi connectivity index (χ1v) is 12.4. The van der Waals surface area contributed by atoms with Gasteiger partial charge < -0.3 is 10.1 Å². The predicted octanol–water partition coefficient (Wildman–Crippen LogP) is 4.66. The van der Waals surface area contributed by atoms with Gasteiger partial charge in [-0.1, -0.05) is 49.4 Å². The molecule has 0 saturated heterocycles. The Morgan fingerprint density at radius 1 is 1.15 bits per heavy atom. The zero-order chi connectivity index (χ0) is 23.2. The number of rotatable bonds is 9. The van der Waals surface area contributed by atoms with Crippen LogP contribution in [0.2, 0.25) is 0 Å². The molecule has 7 nitrogen and oxygen atoms in total. The summed E-state index contributed by atoms with van der Waals surface area (Å²) >= 11 is 2.90. The van der Waals surface area contributed by atoms with Crippen LogP contribution in [-0.4, -0.2) is 26.3 Å². The van der Waals surface area contributed by atoms with Crippen molar-refractivity contribution in [3.63, 3.8) is 0 Å². The topological polar surface area (TPSA) is 85.6 Å². The van der Waals surface area contributed by atoms with Gasteiger partial charge in [-0.3, -0.25) is 9.59 Å². The van der Waals surface area contributed by atoms with E-state index in [1.54, 1.807) is 12.1 Å². The van der Waals surface area contributed by atoms with Gasteiger partial charge in [0, 0.05) is 29.1 Å². The zero-order valence-corrected chi connectivity index (χ0v) is 20.0. The molecule has 33 heavy (non-hydrogen) atoms. The molecule has 0 fully saturated rings. The van der Waals surface area contributed by atoms with Crippen LogP contribution in [0, 0.1) is 5.92 Å². The molecule has 1 N–H and O–H groups in total. The van der Waals surface area contributed by atoms with Crippen LogP contribution in [0.5, 0.6) is 5.75 Å². The van der Waals surface area contributed by atoms with Crippen molar-refractivity contribution in [3.8, 4) is 5.75 Å². The molecule has 0 spiro atoms. The monoisotopic (exact) mass is 480 g/mol. The number of nitrogens with zero attached hydrogens (tertiary/aromatic N) is 3. The number of fused-ring (bicyclic) bond motifs is 1. The minimum absolute atomic E-state index is 0.0939. The molecule has 2 aromatic carbocycles. The van der Waals surface area contributed by atoms with Crippen LogP contribution in [0.15, 0.2) is 70.4 Å². The quantitative estimate of drug-likeness (QED) is 0.351. The van der Waals surface area contributed by atoms with Crippen molar-refractivity contribution in [2.75, 3.05) is 11.1 Å². The summed E-state index contributed by atoms with van der Waals surface area (Å²) in [6.07, 6.45) is 0.807. The second kappa shape index (κ2) is 10.6. The van der Waals surface area contributed by atoms with E-state index in [1.165, 1.54) is 33.7 Å². The first-order chi connectivity index (χ1) is 16.0. The second-order valence-electron chi connectivity index (χ2n) is 7.84. The fraction of sp³-hybridized carbons (Fsp3) is 0.250. The van der Waals surface area contributed by atoms with Crippen LogP contribution in [0.3, 0.4) is 0 Å². The largest absolute Gasteiger partial charge is 0.487 e. The van der Waals surface area contributed by atoms with E-state index in [0.717, 1.165) is 16.3 Å². The Morgan fingerprint density at radius 2 is 1.97 bits per heavy atom. The van der Waals surface area contributed by atoms with Crippen LogP contribution in [0.25, 0.3) is 4.96 Å². The molecule has 0 aliphatic heterocycles. The van der Waals surface area contributed by atoms with Gasteiger partial charge in [0.05, 0.1) is 11.4 Å². The Kier molecular flexibility index (Phi) is 7.41. The average molecular weight is 481 g/mol. The molecule has 2 heterocycles. The third-order valence-electron chi connectivity index (χ3n) is 4.54. The summed E-state index contributed by atoms with van der Waals surface area (Å²) in [4.78, 5) is 30.8. The highest BCUT2D eigenvalue weighted by molar-refractivity contribution is 8.00. The summed E-state index contributed by atoms with van der Waals surface area (Å²) in [7, 11) is 0. The van der Waals surface area contributed by atoms with Gasteiger partial charge in [-0.2, -0.15) is 9.61 Å². The summed E-state index contributed by atoms with van der Waals surface area (Å²) in [6, 6.07) is 18.4. The summed E-state index contributed by atoms with van der Waals surface area (Å²) in [5.41, 5.74) is 0.964. The molecular formula is C24H24N4O3S2. The molecule has 0 bridgehead atoms. The van der Waals surface area contributed by atoms with Gasteiger partial charge >= 0.3 is 0 Å². The SMILES string of the molecule is CC(C)Cc1nn2c(=O)cc(COc3cccc(NC(=O)CSc4ccccc4)c3)nc2s1. The number of carbonyl (C=O) groups is 1. The highest BCUT2D eigenvalue weighted by atomic mass is 32.2. The highest BCUT2D eigenvalue weighted by Gasteiger charge is 2.11. The zero-order valence-electron chi connectivity index (χ0n) is 18.4. The van der Waals surface area contributed by atoms with Crippen LogP contribution in [-0.2, 0) is 17.8 Å². The smallest absolute Gasteiger partial charge is 0.275 e. The minimum Gasteiger partial charge on any atom is -0.487 e. The maximum absolute atomic E-state index is 12.4. The maximum Gasteiger partial charge on any atom is 0.275 e. The van der Waals surface area contributed by atoms with E-state index in [9.17, 15) is 9.59 Å². The first-order valence-electron chi connectivity index (χ1n) is 10.6. The molecular weight excluding hydrogens is 456 g/mol. The van der Waals surface area contributed by atoms with E-state index in [0.29, 0.717) is 33.8 Å². The molecule has 2 aromatic heterocycles.